The van der Waals surface area contributed by atoms with Crippen molar-refractivity contribution in [2.45, 2.75) is 58.5 Å². The summed E-state index contributed by atoms with van der Waals surface area (Å²) in [5, 5.41) is 8.44. The van der Waals surface area contributed by atoms with Gasteiger partial charge in [0, 0.05) is 0 Å². The van der Waals surface area contributed by atoms with Gasteiger partial charge in [0.15, 0.2) is 0 Å². The third-order valence-corrected chi connectivity index (χ3v) is 2.01. The van der Waals surface area contributed by atoms with Gasteiger partial charge in [0.05, 0.1) is 0 Å². The van der Waals surface area contributed by atoms with Crippen molar-refractivity contribution in [2.24, 2.45) is 0 Å². The molecule has 13 heavy (non-hydrogen) atoms. The monoisotopic (exact) mass is 188 g/mol. The molecule has 0 aliphatic rings. The molecule has 0 fully saturated rings. The molecule has 1 unspecified atom stereocenters. The van der Waals surface area contributed by atoms with Crippen LogP contribution in [0.1, 0.15) is 52.4 Å². The summed E-state index contributed by atoms with van der Waals surface area (Å²) in [5.74, 6) is 0. The molecule has 0 heterocycles. The standard InChI is InChI=1S/C10H20O3/c1-3-5-6-8-9(7-4-2)13-10(11)12/h9H,3-8H2,1-2H3,(H,11,12). The summed E-state index contributed by atoms with van der Waals surface area (Å²) in [5.41, 5.74) is 0. The van der Waals surface area contributed by atoms with E-state index in [-0.39, 0.29) is 6.10 Å². The molecule has 0 aromatic rings. The number of hydrogen-bond acceptors (Lipinski definition) is 2. The van der Waals surface area contributed by atoms with E-state index in [0.717, 1.165) is 38.5 Å². The fourth-order valence-electron chi connectivity index (χ4n) is 1.35. The van der Waals surface area contributed by atoms with Gasteiger partial charge in [-0.25, -0.2) is 4.79 Å². The number of rotatable bonds is 7. The quantitative estimate of drug-likeness (QED) is 0.491. The van der Waals surface area contributed by atoms with Crippen molar-refractivity contribution < 1.29 is 14.6 Å². The summed E-state index contributed by atoms with van der Waals surface area (Å²) in [6, 6.07) is 0. The number of carboxylic acid groups (broad SMARTS) is 1. The molecule has 1 atom stereocenters. The second-order valence-corrected chi connectivity index (χ2v) is 3.29. The molecule has 3 nitrogen and oxygen atoms in total. The minimum atomic E-state index is -1.14. The smallest absolute Gasteiger partial charge is 0.450 e. The Bertz CT molecular complexity index is 134. The molecule has 0 rings (SSSR count). The lowest BCUT2D eigenvalue weighted by molar-refractivity contribution is 0.0432. The molecule has 3 heteroatoms. The molecule has 0 amide bonds. The fourth-order valence-corrected chi connectivity index (χ4v) is 1.35. The van der Waals surface area contributed by atoms with Crippen molar-refractivity contribution in [3.05, 3.63) is 0 Å². The fraction of sp³-hybridized carbons (Fsp3) is 0.900. The van der Waals surface area contributed by atoms with Crippen molar-refractivity contribution in [3.8, 4) is 0 Å². The zero-order valence-corrected chi connectivity index (χ0v) is 8.58. The summed E-state index contributed by atoms with van der Waals surface area (Å²) >= 11 is 0. The van der Waals surface area contributed by atoms with Crippen LogP contribution in [0.15, 0.2) is 0 Å². The van der Waals surface area contributed by atoms with Crippen LogP contribution in [-0.2, 0) is 4.74 Å². The van der Waals surface area contributed by atoms with Gasteiger partial charge in [-0.2, -0.15) is 0 Å². The van der Waals surface area contributed by atoms with Gasteiger partial charge in [-0.05, 0) is 19.3 Å². The van der Waals surface area contributed by atoms with Crippen molar-refractivity contribution in [2.75, 3.05) is 0 Å². The number of hydrogen-bond donors (Lipinski definition) is 1. The van der Waals surface area contributed by atoms with Gasteiger partial charge in [0.2, 0.25) is 0 Å². The van der Waals surface area contributed by atoms with E-state index in [9.17, 15) is 4.79 Å². The van der Waals surface area contributed by atoms with Crippen LogP contribution < -0.4 is 0 Å². The van der Waals surface area contributed by atoms with Gasteiger partial charge in [0.1, 0.15) is 6.10 Å². The average molecular weight is 188 g/mol. The van der Waals surface area contributed by atoms with Crippen LogP contribution in [0.25, 0.3) is 0 Å². The Hall–Kier alpha value is -0.730. The molecule has 0 saturated carbocycles. The summed E-state index contributed by atoms with van der Waals surface area (Å²) in [4.78, 5) is 10.3. The zero-order valence-electron chi connectivity index (χ0n) is 8.58. The molecule has 0 bridgehead atoms. The molecule has 0 aliphatic carbocycles. The maximum absolute atomic E-state index is 10.3. The maximum atomic E-state index is 10.3. The van der Waals surface area contributed by atoms with E-state index < -0.39 is 6.16 Å². The number of unbranched alkanes of at least 4 members (excludes halogenated alkanes) is 2. The van der Waals surface area contributed by atoms with E-state index in [1.807, 2.05) is 6.92 Å². The number of carbonyl (C=O) groups is 1. The van der Waals surface area contributed by atoms with Gasteiger partial charge in [0.25, 0.3) is 0 Å². The van der Waals surface area contributed by atoms with Gasteiger partial charge < -0.3 is 9.84 Å². The van der Waals surface area contributed by atoms with Crippen molar-refractivity contribution in [1.29, 1.82) is 0 Å². The van der Waals surface area contributed by atoms with E-state index in [4.69, 9.17) is 9.84 Å². The molecule has 0 saturated heterocycles. The minimum Gasteiger partial charge on any atom is -0.450 e. The number of ether oxygens (including phenoxy) is 1. The second kappa shape index (κ2) is 7.90. The Balaban J connectivity index is 3.59. The van der Waals surface area contributed by atoms with Crippen LogP contribution in [0.5, 0.6) is 0 Å². The maximum Gasteiger partial charge on any atom is 0.506 e. The highest BCUT2D eigenvalue weighted by atomic mass is 16.7. The Morgan fingerprint density at radius 3 is 2.38 bits per heavy atom. The van der Waals surface area contributed by atoms with E-state index in [2.05, 4.69) is 6.92 Å². The van der Waals surface area contributed by atoms with E-state index in [1.165, 1.54) is 0 Å². The Labute approximate surface area is 80.1 Å². The Kier molecular flexibility index (Phi) is 7.45. The van der Waals surface area contributed by atoms with Crippen LogP contribution in [0.3, 0.4) is 0 Å². The Morgan fingerprint density at radius 1 is 1.23 bits per heavy atom. The summed E-state index contributed by atoms with van der Waals surface area (Å²) < 4.78 is 4.75. The molecule has 1 N–H and O–H groups in total. The normalized spacial score (nSPS) is 12.5. The SMILES string of the molecule is CCCCCC(CCC)OC(=O)O. The van der Waals surface area contributed by atoms with Crippen LogP contribution in [0.2, 0.25) is 0 Å². The lowest BCUT2D eigenvalue weighted by Crippen LogP contribution is -2.16. The lowest BCUT2D eigenvalue weighted by atomic mass is 10.1. The average Bonchev–Trinajstić information content (AvgIpc) is 2.04. The minimum absolute atomic E-state index is 0.0888. The molecule has 0 aromatic carbocycles. The molecule has 0 aliphatic heterocycles. The third kappa shape index (κ3) is 7.62. The predicted molar refractivity (Wildman–Crippen MR) is 51.9 cm³/mol. The van der Waals surface area contributed by atoms with E-state index in [1.54, 1.807) is 0 Å². The largest absolute Gasteiger partial charge is 0.506 e. The highest BCUT2D eigenvalue weighted by Gasteiger charge is 2.11. The van der Waals surface area contributed by atoms with Crippen molar-refractivity contribution in [1.82, 2.24) is 0 Å². The summed E-state index contributed by atoms with van der Waals surface area (Å²) in [6.45, 7) is 4.17. The summed E-state index contributed by atoms with van der Waals surface area (Å²) in [7, 11) is 0. The van der Waals surface area contributed by atoms with Gasteiger partial charge >= 0.3 is 6.16 Å². The van der Waals surface area contributed by atoms with Crippen molar-refractivity contribution in [3.63, 3.8) is 0 Å². The molecular formula is C10H20O3. The highest BCUT2D eigenvalue weighted by molar-refractivity contribution is 5.57. The van der Waals surface area contributed by atoms with Crippen LogP contribution in [0.4, 0.5) is 4.79 Å². The van der Waals surface area contributed by atoms with E-state index in [0.29, 0.717) is 0 Å². The van der Waals surface area contributed by atoms with Gasteiger partial charge in [-0.3, -0.25) is 0 Å². The second-order valence-electron chi connectivity index (χ2n) is 3.29. The van der Waals surface area contributed by atoms with Gasteiger partial charge in [-0.1, -0.05) is 33.1 Å². The predicted octanol–water partition coefficient (Wildman–Crippen LogP) is 3.43. The third-order valence-electron chi connectivity index (χ3n) is 2.01. The first-order chi connectivity index (χ1) is 6.20. The van der Waals surface area contributed by atoms with Crippen molar-refractivity contribution >= 4 is 6.16 Å². The molecule has 0 aromatic heterocycles. The molecule has 0 radical (unpaired) electrons. The Morgan fingerprint density at radius 2 is 1.92 bits per heavy atom. The first-order valence-electron chi connectivity index (χ1n) is 5.10. The van der Waals surface area contributed by atoms with E-state index >= 15 is 0 Å². The first kappa shape index (κ1) is 12.3. The first-order valence-corrected chi connectivity index (χ1v) is 5.10. The van der Waals surface area contributed by atoms with Crippen LogP contribution >= 0.6 is 0 Å². The molecule has 0 spiro atoms. The lowest BCUT2D eigenvalue weighted by Gasteiger charge is -2.14. The topological polar surface area (TPSA) is 46.5 Å². The molecular weight excluding hydrogens is 168 g/mol. The highest BCUT2D eigenvalue weighted by Crippen LogP contribution is 2.12. The zero-order chi connectivity index (χ0) is 10.1. The summed E-state index contributed by atoms with van der Waals surface area (Å²) in [6.07, 6.45) is 4.83. The molecule has 78 valence electrons. The van der Waals surface area contributed by atoms with Crippen LogP contribution in [-0.4, -0.2) is 17.4 Å². The van der Waals surface area contributed by atoms with Crippen LogP contribution in [0, 0.1) is 0 Å². The van der Waals surface area contributed by atoms with Gasteiger partial charge in [-0.15, -0.1) is 0 Å².